The quantitative estimate of drug-likeness (QED) is 0.759. The molecule has 1 aromatic carbocycles. The first-order valence-corrected chi connectivity index (χ1v) is 11.1. The highest BCUT2D eigenvalue weighted by Gasteiger charge is 2.30. The maximum absolute atomic E-state index is 12.8. The van der Waals surface area contributed by atoms with Gasteiger partial charge >= 0.3 is 0 Å². The monoisotopic (exact) mass is 429 g/mol. The number of piperidine rings is 1. The molecule has 30 heavy (non-hydrogen) atoms. The zero-order chi connectivity index (χ0) is 20.9. The van der Waals surface area contributed by atoms with Crippen molar-refractivity contribution in [3.05, 3.63) is 59.0 Å². The van der Waals surface area contributed by atoms with Gasteiger partial charge in [-0.05, 0) is 75.2 Å². The minimum absolute atomic E-state index is 0.00237. The minimum atomic E-state index is -0.0601. The van der Waals surface area contributed by atoms with Gasteiger partial charge in [0, 0.05) is 36.1 Å². The molecule has 3 heterocycles. The summed E-state index contributed by atoms with van der Waals surface area (Å²) < 4.78 is 5.63. The maximum atomic E-state index is 12.8. The number of benzene rings is 1. The number of halogens is 1. The van der Waals surface area contributed by atoms with E-state index >= 15 is 0 Å². The number of nitrogens with one attached hydrogen (secondary N) is 1. The van der Waals surface area contributed by atoms with Crippen molar-refractivity contribution in [2.24, 2.45) is 5.92 Å². The normalized spacial score (nSPS) is 19.0. The molecule has 0 aliphatic carbocycles. The van der Waals surface area contributed by atoms with E-state index < -0.39 is 0 Å². The fourth-order valence-corrected chi connectivity index (χ4v) is 4.53. The third-order valence-electron chi connectivity index (χ3n) is 6.17. The van der Waals surface area contributed by atoms with E-state index in [9.17, 15) is 9.59 Å². The molecule has 7 heteroatoms. The van der Waals surface area contributed by atoms with Crippen molar-refractivity contribution in [3.8, 4) is 0 Å². The lowest BCUT2D eigenvalue weighted by Gasteiger charge is -2.32. The number of amides is 2. The topological polar surface area (TPSA) is 65.8 Å². The summed E-state index contributed by atoms with van der Waals surface area (Å²) in [6.07, 6.45) is 5.42. The third-order valence-corrected chi connectivity index (χ3v) is 6.42. The third kappa shape index (κ3) is 4.87. The number of carbonyl (C=O) groups is 2. The van der Waals surface area contributed by atoms with Crippen LogP contribution in [0.1, 0.15) is 47.8 Å². The summed E-state index contributed by atoms with van der Waals surface area (Å²) in [4.78, 5) is 29.6. The van der Waals surface area contributed by atoms with Gasteiger partial charge in [0.25, 0.3) is 5.91 Å². The van der Waals surface area contributed by atoms with Crippen molar-refractivity contribution >= 4 is 23.4 Å². The lowest BCUT2D eigenvalue weighted by atomic mass is 9.95. The fraction of sp³-hybridized carbons (Fsp3) is 0.478. The lowest BCUT2D eigenvalue weighted by Crippen LogP contribution is -2.44. The average molecular weight is 430 g/mol. The second-order valence-corrected chi connectivity index (χ2v) is 8.53. The highest BCUT2D eigenvalue weighted by Crippen LogP contribution is 2.26. The Labute approximate surface area is 182 Å². The molecule has 0 saturated carbocycles. The summed E-state index contributed by atoms with van der Waals surface area (Å²) >= 11 is 5.90. The largest absolute Gasteiger partial charge is 0.468 e. The van der Waals surface area contributed by atoms with E-state index in [1.54, 1.807) is 30.5 Å². The van der Waals surface area contributed by atoms with Crippen molar-refractivity contribution in [3.63, 3.8) is 0 Å². The van der Waals surface area contributed by atoms with Crippen LogP contribution in [0.25, 0.3) is 0 Å². The summed E-state index contributed by atoms with van der Waals surface area (Å²) in [7, 11) is 0. The number of hydrogen-bond donors (Lipinski definition) is 1. The Kier molecular flexibility index (Phi) is 6.75. The number of rotatable bonds is 6. The van der Waals surface area contributed by atoms with Crippen molar-refractivity contribution in [1.29, 1.82) is 0 Å². The first kappa shape index (κ1) is 20.9. The molecule has 6 nitrogen and oxygen atoms in total. The molecule has 0 radical (unpaired) electrons. The molecular weight excluding hydrogens is 402 g/mol. The number of likely N-dealkylation sites (tertiary alicyclic amines) is 2. The molecule has 1 atom stereocenters. The van der Waals surface area contributed by atoms with Crippen LogP contribution in [0.2, 0.25) is 5.02 Å². The predicted octanol–water partition coefficient (Wildman–Crippen LogP) is 3.74. The van der Waals surface area contributed by atoms with Crippen LogP contribution in [0.3, 0.4) is 0 Å². The van der Waals surface area contributed by atoms with E-state index in [2.05, 4.69) is 10.2 Å². The molecule has 2 aromatic rings. The van der Waals surface area contributed by atoms with Gasteiger partial charge in [0.05, 0.1) is 12.3 Å². The Morgan fingerprint density at radius 2 is 1.77 bits per heavy atom. The summed E-state index contributed by atoms with van der Waals surface area (Å²) in [5.41, 5.74) is 0.634. The second-order valence-electron chi connectivity index (χ2n) is 8.09. The first-order valence-electron chi connectivity index (χ1n) is 10.7. The average Bonchev–Trinajstić information content (AvgIpc) is 3.49. The van der Waals surface area contributed by atoms with Gasteiger partial charge < -0.3 is 14.6 Å². The molecule has 2 fully saturated rings. The Hall–Kier alpha value is -2.31. The molecule has 2 aliphatic heterocycles. The molecule has 0 bridgehead atoms. The van der Waals surface area contributed by atoms with Gasteiger partial charge in [-0.3, -0.25) is 14.5 Å². The van der Waals surface area contributed by atoms with E-state index in [1.807, 2.05) is 17.0 Å². The predicted molar refractivity (Wildman–Crippen MR) is 115 cm³/mol. The second kappa shape index (κ2) is 9.67. The molecule has 160 valence electrons. The van der Waals surface area contributed by atoms with Gasteiger partial charge in [0.15, 0.2) is 0 Å². The molecule has 2 amide bonds. The Balaban J connectivity index is 1.28. The van der Waals surface area contributed by atoms with Gasteiger partial charge in [-0.2, -0.15) is 0 Å². The van der Waals surface area contributed by atoms with Gasteiger partial charge in [-0.1, -0.05) is 11.6 Å². The Bertz CT molecular complexity index is 839. The number of carbonyl (C=O) groups excluding carboxylic acids is 2. The minimum Gasteiger partial charge on any atom is -0.468 e. The smallest absolute Gasteiger partial charge is 0.253 e. The zero-order valence-electron chi connectivity index (χ0n) is 17.1. The summed E-state index contributed by atoms with van der Waals surface area (Å²) in [5, 5.41) is 3.76. The van der Waals surface area contributed by atoms with Crippen LogP contribution in [0.4, 0.5) is 0 Å². The van der Waals surface area contributed by atoms with E-state index in [4.69, 9.17) is 16.0 Å². The van der Waals surface area contributed by atoms with Crippen LogP contribution in [-0.2, 0) is 4.79 Å². The van der Waals surface area contributed by atoms with Crippen LogP contribution in [0.15, 0.2) is 47.1 Å². The lowest BCUT2D eigenvalue weighted by molar-refractivity contribution is -0.126. The Morgan fingerprint density at radius 1 is 1.07 bits per heavy atom. The molecule has 4 rings (SSSR count). The van der Waals surface area contributed by atoms with Gasteiger partial charge in [0.1, 0.15) is 5.76 Å². The molecule has 1 N–H and O–H groups in total. The van der Waals surface area contributed by atoms with E-state index in [-0.39, 0.29) is 23.8 Å². The highest BCUT2D eigenvalue weighted by molar-refractivity contribution is 6.30. The van der Waals surface area contributed by atoms with E-state index in [1.165, 1.54) is 12.8 Å². The van der Waals surface area contributed by atoms with Crippen LogP contribution < -0.4 is 5.32 Å². The number of hydrogen-bond acceptors (Lipinski definition) is 4. The van der Waals surface area contributed by atoms with E-state index in [0.717, 1.165) is 18.8 Å². The zero-order valence-corrected chi connectivity index (χ0v) is 17.8. The van der Waals surface area contributed by atoms with Crippen LogP contribution in [-0.4, -0.2) is 54.3 Å². The van der Waals surface area contributed by atoms with Crippen molar-refractivity contribution < 1.29 is 14.0 Å². The summed E-state index contributed by atoms with van der Waals surface area (Å²) in [6, 6.07) is 10.9. The molecule has 1 aromatic heterocycles. The molecule has 0 spiro atoms. The summed E-state index contributed by atoms with van der Waals surface area (Å²) in [6.45, 7) is 3.80. The first-order chi connectivity index (χ1) is 14.6. The summed E-state index contributed by atoms with van der Waals surface area (Å²) in [5.74, 6) is 0.914. The SMILES string of the molecule is O=C(NC[C@H](c1ccco1)N1CCCC1)C1CCN(C(=O)c2ccc(Cl)cc2)CC1. The maximum Gasteiger partial charge on any atom is 0.253 e. The molecule has 2 saturated heterocycles. The van der Waals surface area contributed by atoms with Crippen LogP contribution in [0.5, 0.6) is 0 Å². The van der Waals surface area contributed by atoms with Gasteiger partial charge in [0.2, 0.25) is 5.91 Å². The number of nitrogens with zero attached hydrogens (tertiary/aromatic N) is 2. The van der Waals surface area contributed by atoms with Gasteiger partial charge in [-0.15, -0.1) is 0 Å². The Morgan fingerprint density at radius 3 is 2.40 bits per heavy atom. The van der Waals surface area contributed by atoms with Crippen molar-refractivity contribution in [2.75, 3.05) is 32.7 Å². The standard InChI is InChI=1S/C23H28ClN3O3/c24-19-7-5-18(6-8-19)23(29)27-13-9-17(10-14-27)22(28)25-16-20(21-4-3-15-30-21)26-11-1-2-12-26/h3-8,15,17,20H,1-2,9-14,16H2,(H,25,28)/t20-/m1/s1. The van der Waals surface area contributed by atoms with E-state index in [0.29, 0.717) is 43.1 Å². The highest BCUT2D eigenvalue weighted by atomic mass is 35.5. The van der Waals surface area contributed by atoms with Crippen LogP contribution >= 0.6 is 11.6 Å². The van der Waals surface area contributed by atoms with Crippen molar-refractivity contribution in [1.82, 2.24) is 15.1 Å². The fourth-order valence-electron chi connectivity index (χ4n) is 4.41. The van der Waals surface area contributed by atoms with Crippen molar-refractivity contribution in [2.45, 2.75) is 31.7 Å². The van der Waals surface area contributed by atoms with Gasteiger partial charge in [-0.25, -0.2) is 0 Å². The van der Waals surface area contributed by atoms with Crippen LogP contribution in [0, 0.1) is 5.92 Å². The molecule has 0 unspecified atom stereocenters. The number of furan rings is 1. The molecular formula is C23H28ClN3O3. The molecule has 2 aliphatic rings.